The number of piperazine rings is 1. The molecule has 1 fully saturated rings. The summed E-state index contributed by atoms with van der Waals surface area (Å²) < 4.78 is 10.7. The first-order valence-corrected chi connectivity index (χ1v) is 10.6. The zero-order valence-corrected chi connectivity index (χ0v) is 20.1. The Hall–Kier alpha value is -2.88. The molecule has 2 rings (SSSR count). The number of nitrogens with one attached hydrogen (secondary N) is 1. The van der Waals surface area contributed by atoms with Crippen molar-refractivity contribution >= 4 is 29.2 Å². The van der Waals surface area contributed by atoms with E-state index < -0.39 is 34.0 Å². The molecule has 2 amide bonds. The molecule has 0 bridgehead atoms. The largest absolute Gasteiger partial charge is 0.443 e. The van der Waals surface area contributed by atoms with Gasteiger partial charge in [0.1, 0.15) is 16.9 Å². The minimum Gasteiger partial charge on any atom is -0.443 e. The maximum atomic E-state index is 12.9. The number of hydrogen-bond donors (Lipinski definition) is 1. The van der Waals surface area contributed by atoms with Crippen molar-refractivity contribution in [3.8, 4) is 0 Å². The number of amides is 2. The Labute approximate surface area is 189 Å². The number of nitrogens with zero attached hydrogens (tertiary/aromatic N) is 3. The van der Waals surface area contributed by atoms with Crippen molar-refractivity contribution < 1.29 is 24.0 Å². The van der Waals surface area contributed by atoms with E-state index in [2.05, 4.69) is 5.32 Å². The predicted octanol–water partition coefficient (Wildman–Crippen LogP) is 4.46. The van der Waals surface area contributed by atoms with Gasteiger partial charge in [0, 0.05) is 36.9 Å². The van der Waals surface area contributed by atoms with Crippen molar-refractivity contribution in [2.24, 2.45) is 0 Å². The summed E-state index contributed by atoms with van der Waals surface area (Å²) in [7, 11) is 0. The van der Waals surface area contributed by atoms with Crippen LogP contribution in [0.15, 0.2) is 18.2 Å². The molecule has 1 aromatic rings. The maximum absolute atomic E-state index is 12.9. The first-order chi connectivity index (χ1) is 14.6. The van der Waals surface area contributed by atoms with Crippen molar-refractivity contribution in [3.63, 3.8) is 0 Å². The Morgan fingerprint density at radius 1 is 1.03 bits per heavy atom. The van der Waals surface area contributed by atoms with Crippen LogP contribution in [0.3, 0.4) is 0 Å². The molecule has 0 spiro atoms. The lowest BCUT2D eigenvalue weighted by atomic mass is 10.1. The molecular formula is C22H34N4O6. The third-order valence-corrected chi connectivity index (χ3v) is 4.47. The molecule has 2 atom stereocenters. The highest BCUT2D eigenvalue weighted by Crippen LogP contribution is 2.35. The zero-order chi connectivity index (χ0) is 24.4. The van der Waals surface area contributed by atoms with E-state index in [9.17, 15) is 19.7 Å². The average Bonchev–Trinajstić information content (AvgIpc) is 2.57. The number of hydrogen-bond acceptors (Lipinski definition) is 8. The standard InChI is InChI=1S/C22H34N4O6/c1-14-12-24(13-15(2)23-14)16-9-10-17(18(11-16)26(29)30)25(19(27)31-21(3,4)5)20(28)32-22(6,7)8/h9-11,14-15,23H,12-13H2,1-8H3/t14-,15+. The van der Waals surface area contributed by atoms with Gasteiger partial charge in [0.05, 0.1) is 4.92 Å². The fourth-order valence-electron chi connectivity index (χ4n) is 3.47. The van der Waals surface area contributed by atoms with Crippen molar-refractivity contribution in [2.45, 2.75) is 78.7 Å². The van der Waals surface area contributed by atoms with Gasteiger partial charge in [0.2, 0.25) is 0 Å². The van der Waals surface area contributed by atoms with E-state index in [1.54, 1.807) is 47.6 Å². The summed E-state index contributed by atoms with van der Waals surface area (Å²) in [6, 6.07) is 4.84. The molecule has 1 aromatic carbocycles. The molecule has 1 aliphatic heterocycles. The number of anilines is 2. The van der Waals surface area contributed by atoms with Crippen LogP contribution in [-0.2, 0) is 9.47 Å². The SMILES string of the molecule is C[C@@H]1CN(c2ccc(N(C(=O)OC(C)(C)C)C(=O)OC(C)(C)C)c([N+](=O)[O-])c2)C[C@H](C)N1. The summed E-state index contributed by atoms with van der Waals surface area (Å²) in [4.78, 5) is 39.7. The Bertz CT molecular complexity index is 836. The number of imide groups is 1. The predicted molar refractivity (Wildman–Crippen MR) is 122 cm³/mol. The van der Waals surface area contributed by atoms with Gasteiger partial charge in [-0.1, -0.05) is 0 Å². The molecule has 32 heavy (non-hydrogen) atoms. The summed E-state index contributed by atoms with van der Waals surface area (Å²) in [6.45, 7) is 15.3. The lowest BCUT2D eigenvalue weighted by molar-refractivity contribution is -0.384. The quantitative estimate of drug-likeness (QED) is 0.530. The maximum Gasteiger partial charge on any atom is 0.424 e. The number of carbonyl (C=O) groups excluding carboxylic acids is 2. The van der Waals surface area contributed by atoms with Crippen LogP contribution in [-0.4, -0.2) is 53.5 Å². The average molecular weight is 451 g/mol. The molecular weight excluding hydrogens is 416 g/mol. The van der Waals surface area contributed by atoms with Crippen LogP contribution in [0.5, 0.6) is 0 Å². The van der Waals surface area contributed by atoms with E-state index in [0.717, 1.165) is 0 Å². The van der Waals surface area contributed by atoms with Crippen molar-refractivity contribution in [1.29, 1.82) is 0 Å². The first-order valence-electron chi connectivity index (χ1n) is 10.6. The molecule has 10 nitrogen and oxygen atoms in total. The summed E-state index contributed by atoms with van der Waals surface area (Å²) >= 11 is 0. The van der Waals surface area contributed by atoms with Crippen LogP contribution < -0.4 is 15.1 Å². The monoisotopic (exact) mass is 450 g/mol. The Morgan fingerprint density at radius 2 is 1.50 bits per heavy atom. The van der Waals surface area contributed by atoms with Gasteiger partial charge in [-0.15, -0.1) is 0 Å². The van der Waals surface area contributed by atoms with Crippen molar-refractivity contribution in [3.05, 3.63) is 28.3 Å². The number of rotatable bonds is 3. The molecule has 1 heterocycles. The molecule has 0 radical (unpaired) electrons. The molecule has 10 heteroatoms. The molecule has 0 aliphatic carbocycles. The van der Waals surface area contributed by atoms with Crippen LogP contribution in [0.25, 0.3) is 0 Å². The molecule has 0 unspecified atom stereocenters. The second-order valence-electron chi connectivity index (χ2n) is 10.1. The Kier molecular flexibility index (Phi) is 7.39. The third-order valence-electron chi connectivity index (χ3n) is 4.47. The summed E-state index contributed by atoms with van der Waals surface area (Å²) in [5.41, 5.74) is -1.80. The van der Waals surface area contributed by atoms with Crippen LogP contribution in [0.1, 0.15) is 55.4 Å². The minimum atomic E-state index is -1.05. The van der Waals surface area contributed by atoms with Gasteiger partial charge < -0.3 is 19.7 Å². The lowest BCUT2D eigenvalue weighted by Gasteiger charge is -2.37. The van der Waals surface area contributed by atoms with Gasteiger partial charge in [0.25, 0.3) is 5.69 Å². The fraction of sp³-hybridized carbons (Fsp3) is 0.636. The molecule has 0 aromatic heterocycles. The fourth-order valence-corrected chi connectivity index (χ4v) is 3.47. The summed E-state index contributed by atoms with van der Waals surface area (Å²) in [6.07, 6.45) is -2.10. The molecule has 0 saturated carbocycles. The summed E-state index contributed by atoms with van der Waals surface area (Å²) in [5.74, 6) is 0. The van der Waals surface area contributed by atoms with E-state index in [1.165, 1.54) is 12.1 Å². The van der Waals surface area contributed by atoms with Crippen molar-refractivity contribution in [2.75, 3.05) is 22.9 Å². The van der Waals surface area contributed by atoms with Crippen LogP contribution >= 0.6 is 0 Å². The molecule has 1 N–H and O–H groups in total. The topological polar surface area (TPSA) is 114 Å². The number of carbonyl (C=O) groups is 2. The van der Waals surface area contributed by atoms with Crippen LogP contribution in [0.4, 0.5) is 26.7 Å². The van der Waals surface area contributed by atoms with Gasteiger partial charge in [-0.3, -0.25) is 10.1 Å². The van der Waals surface area contributed by atoms with E-state index >= 15 is 0 Å². The van der Waals surface area contributed by atoms with Crippen LogP contribution in [0.2, 0.25) is 0 Å². The molecule has 1 aliphatic rings. The number of benzene rings is 1. The Balaban J connectivity index is 2.52. The highest BCUT2D eigenvalue weighted by molar-refractivity contribution is 6.11. The third kappa shape index (κ3) is 6.81. The molecule has 1 saturated heterocycles. The highest BCUT2D eigenvalue weighted by Gasteiger charge is 2.37. The minimum absolute atomic E-state index is 0.206. The van der Waals surface area contributed by atoms with E-state index in [-0.39, 0.29) is 17.8 Å². The number of nitro benzene ring substituents is 1. The number of nitro groups is 1. The van der Waals surface area contributed by atoms with Gasteiger partial charge >= 0.3 is 12.2 Å². The number of ether oxygens (including phenoxy) is 2. The van der Waals surface area contributed by atoms with Gasteiger partial charge in [-0.2, -0.15) is 4.90 Å². The van der Waals surface area contributed by atoms with Gasteiger partial charge in [0.15, 0.2) is 0 Å². The van der Waals surface area contributed by atoms with E-state index in [0.29, 0.717) is 23.7 Å². The lowest BCUT2D eigenvalue weighted by Crippen LogP contribution is -2.54. The van der Waals surface area contributed by atoms with Gasteiger partial charge in [-0.05, 0) is 67.5 Å². The normalized spacial score (nSPS) is 19.3. The highest BCUT2D eigenvalue weighted by atomic mass is 16.6. The Morgan fingerprint density at radius 3 is 1.91 bits per heavy atom. The van der Waals surface area contributed by atoms with Crippen LogP contribution in [0, 0.1) is 10.1 Å². The zero-order valence-electron chi connectivity index (χ0n) is 20.1. The molecule has 178 valence electrons. The second kappa shape index (κ2) is 9.32. The summed E-state index contributed by atoms with van der Waals surface area (Å²) in [5, 5.41) is 15.4. The first kappa shape index (κ1) is 25.4. The van der Waals surface area contributed by atoms with E-state index in [4.69, 9.17) is 9.47 Å². The van der Waals surface area contributed by atoms with E-state index in [1.807, 2.05) is 18.7 Å². The van der Waals surface area contributed by atoms with Crippen molar-refractivity contribution in [1.82, 2.24) is 5.32 Å². The van der Waals surface area contributed by atoms with Gasteiger partial charge in [-0.25, -0.2) is 9.59 Å². The second-order valence-corrected chi connectivity index (χ2v) is 10.1. The smallest absolute Gasteiger partial charge is 0.424 e.